The van der Waals surface area contributed by atoms with Gasteiger partial charge in [-0.05, 0) is 41.8 Å². The van der Waals surface area contributed by atoms with Crippen molar-refractivity contribution in [1.29, 1.82) is 0 Å². The van der Waals surface area contributed by atoms with E-state index in [0.29, 0.717) is 50.9 Å². The van der Waals surface area contributed by atoms with Gasteiger partial charge in [0, 0.05) is 49.6 Å². The van der Waals surface area contributed by atoms with Crippen molar-refractivity contribution < 1.29 is 33.4 Å². The van der Waals surface area contributed by atoms with Gasteiger partial charge in [-0.25, -0.2) is 9.18 Å². The summed E-state index contributed by atoms with van der Waals surface area (Å²) in [6.45, 7) is 2.52. The first-order valence-corrected chi connectivity index (χ1v) is 14.5. The van der Waals surface area contributed by atoms with Crippen molar-refractivity contribution in [1.82, 2.24) is 15.1 Å². The molecule has 0 spiro atoms. The van der Waals surface area contributed by atoms with Crippen LogP contribution < -0.4 is 15.4 Å². The van der Waals surface area contributed by atoms with Gasteiger partial charge in [0.2, 0.25) is 11.8 Å². The summed E-state index contributed by atoms with van der Waals surface area (Å²) in [7, 11) is 4.35. The Kier molecular flexibility index (Phi) is 9.21. The molecular weight excluding hydrogens is 591 g/mol. The van der Waals surface area contributed by atoms with Crippen molar-refractivity contribution in [3.8, 4) is 28.0 Å². The lowest BCUT2D eigenvalue weighted by atomic mass is 9.94. The Bertz CT molecular complexity index is 1620. The number of halogens is 2. The normalized spacial score (nSPS) is 20.3. The van der Waals surface area contributed by atoms with E-state index in [-0.39, 0.29) is 25.7 Å². The summed E-state index contributed by atoms with van der Waals surface area (Å²) in [6, 6.07) is 13.1. The van der Waals surface area contributed by atoms with Gasteiger partial charge in [0.15, 0.2) is 0 Å². The van der Waals surface area contributed by atoms with E-state index in [4.69, 9.17) is 21.1 Å². The van der Waals surface area contributed by atoms with Gasteiger partial charge in [-0.1, -0.05) is 41.9 Å². The maximum Gasteiger partial charge on any atom is 0.326 e. The van der Waals surface area contributed by atoms with Crippen LogP contribution in [0.2, 0.25) is 5.02 Å². The van der Waals surface area contributed by atoms with Gasteiger partial charge in [-0.15, -0.1) is 0 Å². The van der Waals surface area contributed by atoms with Crippen molar-refractivity contribution in [3.63, 3.8) is 0 Å². The van der Waals surface area contributed by atoms with E-state index in [1.165, 1.54) is 32.2 Å². The van der Waals surface area contributed by atoms with E-state index in [0.717, 1.165) is 10.5 Å². The summed E-state index contributed by atoms with van der Waals surface area (Å²) >= 11 is 6.95. The minimum absolute atomic E-state index is 0.0216. The molecule has 3 atom stereocenters. The highest BCUT2D eigenvalue weighted by atomic mass is 35.5. The molecule has 5 rings (SSSR count). The van der Waals surface area contributed by atoms with Crippen molar-refractivity contribution >= 4 is 35.1 Å². The van der Waals surface area contributed by atoms with Crippen molar-refractivity contribution in [3.05, 3.63) is 70.5 Å². The molecule has 3 aromatic carbocycles. The Labute approximate surface area is 259 Å². The molecule has 3 N–H and O–H groups in total. The zero-order chi connectivity index (χ0) is 31.7. The molecule has 10 nitrogen and oxygen atoms in total. The quantitative estimate of drug-likeness (QED) is 0.323. The number of urea groups is 1. The van der Waals surface area contributed by atoms with E-state index in [2.05, 4.69) is 10.6 Å². The lowest BCUT2D eigenvalue weighted by Crippen LogP contribution is -2.56. The van der Waals surface area contributed by atoms with Gasteiger partial charge in [0.1, 0.15) is 17.5 Å². The van der Waals surface area contributed by atoms with Gasteiger partial charge < -0.3 is 30.1 Å². The number of hydrogen-bond acceptors (Lipinski definition) is 7. The lowest BCUT2D eigenvalue weighted by molar-refractivity contribution is -0.140. The van der Waals surface area contributed by atoms with Crippen LogP contribution in [0.4, 0.5) is 14.9 Å². The van der Waals surface area contributed by atoms with E-state index < -0.39 is 35.7 Å². The molecule has 0 aromatic heterocycles. The van der Waals surface area contributed by atoms with Crippen molar-refractivity contribution in [2.24, 2.45) is 5.92 Å². The molecule has 2 saturated heterocycles. The highest BCUT2D eigenvalue weighted by Crippen LogP contribution is 2.41. The number of rotatable bonds is 8. The first-order valence-electron chi connectivity index (χ1n) is 14.1. The minimum atomic E-state index is -1.04. The number of aliphatic hydroxyl groups is 1. The second-order valence-electron chi connectivity index (χ2n) is 11.0. The third-order valence-corrected chi connectivity index (χ3v) is 8.58. The minimum Gasteiger partial charge on any atom is -0.496 e. The smallest absolute Gasteiger partial charge is 0.326 e. The van der Waals surface area contributed by atoms with E-state index in [9.17, 15) is 19.5 Å². The first kappa shape index (κ1) is 31.4. The molecule has 2 aliphatic heterocycles. The van der Waals surface area contributed by atoms with E-state index >= 15 is 4.39 Å². The summed E-state index contributed by atoms with van der Waals surface area (Å²) in [5, 5.41) is 16.4. The van der Waals surface area contributed by atoms with Crippen LogP contribution in [0.25, 0.3) is 22.3 Å². The number of aliphatic hydroxyl groups excluding tert-OH is 1. The van der Waals surface area contributed by atoms with Crippen LogP contribution >= 0.6 is 11.6 Å². The first-order chi connectivity index (χ1) is 21.0. The van der Waals surface area contributed by atoms with E-state index in [1.54, 1.807) is 24.3 Å². The molecule has 0 saturated carbocycles. The maximum atomic E-state index is 15.5. The van der Waals surface area contributed by atoms with Gasteiger partial charge in [-0.3, -0.25) is 14.5 Å². The number of anilines is 1. The fourth-order valence-electron chi connectivity index (χ4n) is 5.55. The topological polar surface area (TPSA) is 120 Å². The van der Waals surface area contributed by atoms with Crippen LogP contribution in [-0.2, 0) is 20.9 Å². The number of carbonyl (C=O) groups excluding carboxylic acids is 3. The Hall–Kier alpha value is -4.03. The Morgan fingerprint density at radius 3 is 2.52 bits per heavy atom. The maximum absolute atomic E-state index is 15.5. The fraction of sp³-hybridized carbons (Fsp3) is 0.344. The number of nitrogens with one attached hydrogen (secondary N) is 2. The largest absolute Gasteiger partial charge is 0.496 e. The number of benzene rings is 3. The molecular formula is C32H34ClFN4O6. The second kappa shape index (κ2) is 12.9. The van der Waals surface area contributed by atoms with Gasteiger partial charge in [0.25, 0.3) is 0 Å². The fourth-order valence-corrected chi connectivity index (χ4v) is 5.88. The van der Waals surface area contributed by atoms with Crippen LogP contribution in [0, 0.1) is 18.7 Å². The third kappa shape index (κ3) is 6.00. The van der Waals surface area contributed by atoms with Crippen LogP contribution in [0.15, 0.2) is 48.5 Å². The van der Waals surface area contributed by atoms with Crippen molar-refractivity contribution in [2.45, 2.75) is 25.6 Å². The van der Waals surface area contributed by atoms with Crippen LogP contribution in [-0.4, -0.2) is 85.9 Å². The Balaban J connectivity index is 1.42. The average Bonchev–Trinajstić information content (AvgIpc) is 3.42. The molecule has 2 fully saturated rings. The molecule has 0 bridgehead atoms. The molecule has 2 heterocycles. The molecule has 2 aliphatic rings. The monoisotopic (exact) mass is 624 g/mol. The Morgan fingerprint density at radius 2 is 1.82 bits per heavy atom. The summed E-state index contributed by atoms with van der Waals surface area (Å²) in [5.74, 6) is -2.29. The van der Waals surface area contributed by atoms with Gasteiger partial charge >= 0.3 is 6.03 Å². The predicted octanol–water partition coefficient (Wildman–Crippen LogP) is 4.06. The summed E-state index contributed by atoms with van der Waals surface area (Å²) in [6.07, 6.45) is -0.663. The van der Waals surface area contributed by atoms with Crippen LogP contribution in [0.5, 0.6) is 5.75 Å². The highest BCUT2D eigenvalue weighted by Gasteiger charge is 2.39. The van der Waals surface area contributed by atoms with Gasteiger partial charge in [0.05, 0.1) is 37.5 Å². The molecule has 1 unspecified atom stereocenters. The summed E-state index contributed by atoms with van der Waals surface area (Å²) < 4.78 is 26.2. The van der Waals surface area contributed by atoms with E-state index in [1.807, 2.05) is 25.1 Å². The lowest BCUT2D eigenvalue weighted by Gasteiger charge is -2.33. The molecule has 0 aliphatic carbocycles. The number of hydrogen-bond donors (Lipinski definition) is 3. The molecule has 0 radical (unpaired) electrons. The predicted molar refractivity (Wildman–Crippen MR) is 164 cm³/mol. The zero-order valence-corrected chi connectivity index (χ0v) is 25.6. The number of imide groups is 1. The number of methoxy groups -OCH3 is 1. The highest BCUT2D eigenvalue weighted by molar-refractivity contribution is 6.36. The molecule has 12 heteroatoms. The number of carbonyl (C=O) groups is 3. The third-order valence-electron chi connectivity index (χ3n) is 8.17. The van der Waals surface area contributed by atoms with Crippen LogP contribution in [0.1, 0.15) is 11.1 Å². The molecule has 44 heavy (non-hydrogen) atoms. The summed E-state index contributed by atoms with van der Waals surface area (Å²) in [4.78, 5) is 40.2. The molecule has 3 aromatic rings. The molecule has 232 valence electrons. The number of nitrogens with zero attached hydrogens (tertiary/aromatic N) is 2. The van der Waals surface area contributed by atoms with Gasteiger partial charge in [-0.2, -0.15) is 0 Å². The standard InChI is InChI=1S/C32H34ClFN4O6/c1-17-19(7-6-10-25(17)36-30(40)23-14-37(2)32(42)38(3)31(23)41)21-9-5-8-20(29(21)33)18-11-24(34)22(28(12-18)43-4)13-35-26-15-44-16-27(26)39/h5-12,23,26-27,35,39H,13-16H2,1-4H3,(H,36,40)/t23?,26-,27-/m1/s1. The van der Waals surface area contributed by atoms with Crippen LogP contribution in [0.3, 0.4) is 0 Å². The van der Waals surface area contributed by atoms with Crippen molar-refractivity contribution in [2.75, 3.05) is 46.3 Å². The Morgan fingerprint density at radius 1 is 1.11 bits per heavy atom. The SMILES string of the molecule is COc1cc(-c2cccc(-c3cccc(NC(=O)C4CN(C)C(=O)N(C)C4=O)c3C)c2Cl)cc(F)c1CN[C@@H]1COC[C@H]1O. The summed E-state index contributed by atoms with van der Waals surface area (Å²) in [5.41, 5.74) is 4.02. The average molecular weight is 625 g/mol. The number of amides is 4. The molecule has 4 amide bonds. The zero-order valence-electron chi connectivity index (χ0n) is 24.8. The second-order valence-corrected chi connectivity index (χ2v) is 11.4. The number of ether oxygens (including phenoxy) is 2.